The highest BCUT2D eigenvalue weighted by atomic mass is 32.2. The van der Waals surface area contributed by atoms with E-state index in [0.29, 0.717) is 6.04 Å². The SMILES string of the molecule is CCSC1CCCC1NC(C)C1CCN(CC)CC1. The van der Waals surface area contributed by atoms with Crippen LogP contribution < -0.4 is 5.32 Å². The van der Waals surface area contributed by atoms with Gasteiger partial charge in [0.2, 0.25) is 0 Å². The van der Waals surface area contributed by atoms with Crippen molar-refractivity contribution in [3.05, 3.63) is 0 Å². The maximum atomic E-state index is 3.98. The molecule has 0 amide bonds. The second-order valence-electron chi connectivity index (χ2n) is 6.26. The van der Waals surface area contributed by atoms with Crippen LogP contribution in [0, 0.1) is 5.92 Å². The number of nitrogens with one attached hydrogen (secondary N) is 1. The van der Waals surface area contributed by atoms with Gasteiger partial charge in [-0.05, 0) is 63.9 Å². The van der Waals surface area contributed by atoms with Crippen LogP contribution in [-0.4, -0.2) is 47.6 Å². The molecule has 2 nitrogen and oxygen atoms in total. The van der Waals surface area contributed by atoms with Gasteiger partial charge in [-0.15, -0.1) is 0 Å². The van der Waals surface area contributed by atoms with E-state index < -0.39 is 0 Å². The Morgan fingerprint density at radius 1 is 1.16 bits per heavy atom. The van der Waals surface area contributed by atoms with Crippen molar-refractivity contribution in [1.29, 1.82) is 0 Å². The first kappa shape index (κ1) is 15.7. The van der Waals surface area contributed by atoms with E-state index in [1.807, 2.05) is 0 Å². The van der Waals surface area contributed by atoms with Gasteiger partial charge in [0.25, 0.3) is 0 Å². The molecule has 1 aliphatic carbocycles. The molecule has 1 N–H and O–H groups in total. The Labute approximate surface area is 124 Å². The van der Waals surface area contributed by atoms with Crippen LogP contribution in [0.5, 0.6) is 0 Å². The third-order valence-electron chi connectivity index (χ3n) is 5.10. The summed E-state index contributed by atoms with van der Waals surface area (Å²) in [5, 5.41) is 4.85. The molecule has 19 heavy (non-hydrogen) atoms. The van der Waals surface area contributed by atoms with E-state index in [4.69, 9.17) is 0 Å². The van der Waals surface area contributed by atoms with E-state index in [1.165, 1.54) is 57.5 Å². The second kappa shape index (κ2) is 7.90. The van der Waals surface area contributed by atoms with Gasteiger partial charge in [0.05, 0.1) is 0 Å². The Kier molecular flexibility index (Phi) is 6.51. The number of likely N-dealkylation sites (tertiary alicyclic amines) is 1. The zero-order valence-electron chi connectivity index (χ0n) is 13.0. The molecule has 112 valence electrons. The minimum absolute atomic E-state index is 0.710. The zero-order valence-corrected chi connectivity index (χ0v) is 13.8. The summed E-state index contributed by atoms with van der Waals surface area (Å²) in [4.78, 5) is 2.59. The van der Waals surface area contributed by atoms with Gasteiger partial charge in [-0.3, -0.25) is 0 Å². The van der Waals surface area contributed by atoms with Gasteiger partial charge in [-0.2, -0.15) is 11.8 Å². The molecule has 3 heteroatoms. The summed E-state index contributed by atoms with van der Waals surface area (Å²) in [6, 6.07) is 1.49. The molecule has 0 aromatic carbocycles. The van der Waals surface area contributed by atoms with E-state index in [1.54, 1.807) is 0 Å². The lowest BCUT2D eigenvalue weighted by atomic mass is 9.90. The van der Waals surface area contributed by atoms with E-state index in [0.717, 1.165) is 17.2 Å². The maximum absolute atomic E-state index is 3.98. The monoisotopic (exact) mass is 284 g/mol. The van der Waals surface area contributed by atoms with Crippen molar-refractivity contribution in [3.8, 4) is 0 Å². The van der Waals surface area contributed by atoms with Gasteiger partial charge in [-0.1, -0.05) is 20.3 Å². The van der Waals surface area contributed by atoms with Crippen molar-refractivity contribution in [2.24, 2.45) is 5.92 Å². The second-order valence-corrected chi connectivity index (χ2v) is 7.77. The molecule has 1 saturated heterocycles. The fraction of sp³-hybridized carbons (Fsp3) is 1.00. The lowest BCUT2D eigenvalue weighted by molar-refractivity contribution is 0.164. The third kappa shape index (κ3) is 4.37. The highest BCUT2D eigenvalue weighted by Gasteiger charge is 2.30. The van der Waals surface area contributed by atoms with Gasteiger partial charge in [0.15, 0.2) is 0 Å². The molecular weight excluding hydrogens is 252 g/mol. The van der Waals surface area contributed by atoms with Gasteiger partial charge in [0.1, 0.15) is 0 Å². The Morgan fingerprint density at radius 2 is 1.89 bits per heavy atom. The van der Waals surface area contributed by atoms with Crippen LogP contribution in [0.25, 0.3) is 0 Å². The van der Waals surface area contributed by atoms with Crippen molar-refractivity contribution >= 4 is 11.8 Å². The summed E-state index contributed by atoms with van der Waals surface area (Å²) in [7, 11) is 0. The molecule has 0 aromatic rings. The van der Waals surface area contributed by atoms with Crippen molar-refractivity contribution < 1.29 is 0 Å². The molecule has 0 spiro atoms. The highest BCUT2D eigenvalue weighted by Crippen LogP contribution is 2.31. The Hall–Kier alpha value is 0.270. The average Bonchev–Trinajstić information content (AvgIpc) is 2.86. The Bertz CT molecular complexity index is 251. The van der Waals surface area contributed by atoms with Gasteiger partial charge < -0.3 is 10.2 Å². The van der Waals surface area contributed by atoms with Crippen LogP contribution in [0.2, 0.25) is 0 Å². The van der Waals surface area contributed by atoms with Crippen molar-refractivity contribution in [2.75, 3.05) is 25.4 Å². The predicted octanol–water partition coefficient (Wildman–Crippen LogP) is 3.37. The van der Waals surface area contributed by atoms with Crippen molar-refractivity contribution in [2.45, 2.75) is 70.2 Å². The summed E-state index contributed by atoms with van der Waals surface area (Å²) in [6.07, 6.45) is 7.03. The minimum Gasteiger partial charge on any atom is -0.310 e. The summed E-state index contributed by atoms with van der Waals surface area (Å²) in [6.45, 7) is 10.9. The van der Waals surface area contributed by atoms with Crippen molar-refractivity contribution in [3.63, 3.8) is 0 Å². The minimum atomic E-state index is 0.710. The fourth-order valence-electron chi connectivity index (χ4n) is 3.77. The van der Waals surface area contributed by atoms with Crippen molar-refractivity contribution in [1.82, 2.24) is 10.2 Å². The number of nitrogens with zero attached hydrogens (tertiary/aromatic N) is 1. The molecule has 0 bridgehead atoms. The Balaban J connectivity index is 1.76. The van der Waals surface area contributed by atoms with Crippen LogP contribution in [0.4, 0.5) is 0 Å². The van der Waals surface area contributed by atoms with Crippen LogP contribution in [0.15, 0.2) is 0 Å². The van der Waals surface area contributed by atoms with Gasteiger partial charge in [-0.25, -0.2) is 0 Å². The summed E-state index contributed by atoms with van der Waals surface area (Å²) in [5.41, 5.74) is 0. The van der Waals surface area contributed by atoms with E-state index in [2.05, 4.69) is 42.7 Å². The first-order chi connectivity index (χ1) is 9.24. The number of hydrogen-bond acceptors (Lipinski definition) is 3. The third-order valence-corrected chi connectivity index (χ3v) is 6.42. The number of rotatable bonds is 6. The first-order valence-electron chi connectivity index (χ1n) is 8.34. The topological polar surface area (TPSA) is 15.3 Å². The first-order valence-corrected chi connectivity index (χ1v) is 9.39. The molecule has 2 aliphatic rings. The summed E-state index contributed by atoms with van der Waals surface area (Å²) >= 11 is 2.17. The fourth-order valence-corrected chi connectivity index (χ4v) is 4.98. The molecule has 0 radical (unpaired) electrons. The van der Waals surface area contributed by atoms with Gasteiger partial charge in [0, 0.05) is 17.3 Å². The van der Waals surface area contributed by atoms with E-state index in [9.17, 15) is 0 Å². The largest absolute Gasteiger partial charge is 0.310 e. The molecule has 3 atom stereocenters. The standard InChI is InChI=1S/C16H32N2S/c1-4-18-11-9-14(10-12-18)13(3)17-15-7-6-8-16(15)19-5-2/h13-17H,4-12H2,1-3H3. The number of hydrogen-bond donors (Lipinski definition) is 1. The molecule has 1 heterocycles. The number of piperidine rings is 1. The molecule has 2 fully saturated rings. The zero-order chi connectivity index (χ0) is 13.7. The predicted molar refractivity (Wildman–Crippen MR) is 87.0 cm³/mol. The normalized spacial score (nSPS) is 31.7. The lowest BCUT2D eigenvalue weighted by Gasteiger charge is -2.36. The average molecular weight is 285 g/mol. The summed E-state index contributed by atoms with van der Waals surface area (Å²) in [5.74, 6) is 2.17. The van der Waals surface area contributed by atoms with E-state index >= 15 is 0 Å². The number of thioether (sulfide) groups is 1. The molecule has 1 saturated carbocycles. The smallest absolute Gasteiger partial charge is 0.0201 e. The van der Waals surface area contributed by atoms with E-state index in [-0.39, 0.29) is 0 Å². The van der Waals surface area contributed by atoms with Crippen LogP contribution >= 0.6 is 11.8 Å². The maximum Gasteiger partial charge on any atom is 0.0201 e. The van der Waals surface area contributed by atoms with Crippen LogP contribution in [0.1, 0.15) is 52.9 Å². The summed E-state index contributed by atoms with van der Waals surface area (Å²) < 4.78 is 0. The highest BCUT2D eigenvalue weighted by molar-refractivity contribution is 7.99. The van der Waals surface area contributed by atoms with Crippen LogP contribution in [0.3, 0.4) is 0 Å². The van der Waals surface area contributed by atoms with Crippen LogP contribution in [-0.2, 0) is 0 Å². The lowest BCUT2D eigenvalue weighted by Crippen LogP contribution is -2.47. The molecule has 3 unspecified atom stereocenters. The Morgan fingerprint density at radius 3 is 2.53 bits per heavy atom. The molecule has 2 rings (SSSR count). The molecule has 0 aromatic heterocycles. The van der Waals surface area contributed by atoms with Gasteiger partial charge >= 0.3 is 0 Å². The quantitative estimate of drug-likeness (QED) is 0.805. The molecule has 1 aliphatic heterocycles. The molecular formula is C16H32N2S.